The Labute approximate surface area is 151 Å². The molecule has 1 aliphatic heterocycles. The van der Waals surface area contributed by atoms with E-state index in [4.69, 9.17) is 0 Å². The quantitative estimate of drug-likeness (QED) is 0.863. The van der Waals surface area contributed by atoms with Crippen LogP contribution in [0.5, 0.6) is 0 Å². The first-order valence-corrected chi connectivity index (χ1v) is 9.52. The minimum atomic E-state index is -0.443. The summed E-state index contributed by atoms with van der Waals surface area (Å²) in [5.41, 5.74) is 7.13. The number of carbonyl (C=O) groups is 1. The largest absolute Gasteiger partial charge is 0.343 e. The molecule has 4 nitrogen and oxygen atoms in total. The molecule has 2 atom stereocenters. The van der Waals surface area contributed by atoms with Gasteiger partial charge in [-0.15, -0.1) is 11.3 Å². The number of amides is 1. The number of thiophene rings is 1. The van der Waals surface area contributed by atoms with Crippen molar-refractivity contribution in [3.8, 4) is 0 Å². The Hall–Kier alpha value is -1.76. The summed E-state index contributed by atoms with van der Waals surface area (Å²) in [6.45, 7) is 0.663. The molecule has 1 aliphatic carbocycles. The van der Waals surface area contributed by atoms with E-state index in [0.717, 1.165) is 24.8 Å². The molecule has 6 heteroatoms. The molecule has 0 bridgehead atoms. The van der Waals surface area contributed by atoms with Gasteiger partial charge in [0.1, 0.15) is 5.82 Å². The van der Waals surface area contributed by atoms with Crippen molar-refractivity contribution in [2.24, 2.45) is 0 Å². The van der Waals surface area contributed by atoms with Crippen molar-refractivity contribution in [1.82, 2.24) is 15.8 Å². The number of carbonyl (C=O) groups excluding carboxylic acids is 1. The summed E-state index contributed by atoms with van der Waals surface area (Å²) < 4.78 is 13.2. The Morgan fingerprint density at radius 3 is 2.68 bits per heavy atom. The van der Waals surface area contributed by atoms with E-state index in [9.17, 15) is 9.18 Å². The molecular weight excluding hydrogens is 337 g/mol. The van der Waals surface area contributed by atoms with Crippen molar-refractivity contribution in [2.45, 2.75) is 36.8 Å². The second kappa shape index (κ2) is 6.52. The standard InChI is InChI=1S/C19H22FN3OS/c1-23(12-15-11-16(22-21-15)17-3-2-10-25-17)18(24)19(8-9-19)13-4-6-14(20)7-5-13/h2-7,10,15-16,21-22H,8-9,11-12H2,1H3. The summed E-state index contributed by atoms with van der Waals surface area (Å²) in [4.78, 5) is 16.1. The highest BCUT2D eigenvalue weighted by atomic mass is 32.1. The molecule has 25 heavy (non-hydrogen) atoms. The van der Waals surface area contributed by atoms with Crippen LogP contribution in [0.4, 0.5) is 4.39 Å². The van der Waals surface area contributed by atoms with Gasteiger partial charge in [-0.3, -0.25) is 10.2 Å². The minimum Gasteiger partial charge on any atom is -0.343 e. The van der Waals surface area contributed by atoms with E-state index in [1.54, 1.807) is 23.5 Å². The topological polar surface area (TPSA) is 44.4 Å². The maximum absolute atomic E-state index is 13.2. The molecule has 1 aromatic carbocycles. The molecule has 2 N–H and O–H groups in total. The molecule has 1 saturated heterocycles. The van der Waals surface area contributed by atoms with E-state index in [1.165, 1.54) is 17.0 Å². The van der Waals surface area contributed by atoms with Crippen molar-refractivity contribution in [3.63, 3.8) is 0 Å². The fourth-order valence-electron chi connectivity index (χ4n) is 3.72. The van der Waals surface area contributed by atoms with Crippen LogP contribution in [-0.2, 0) is 10.2 Å². The third kappa shape index (κ3) is 3.21. The lowest BCUT2D eigenvalue weighted by molar-refractivity contribution is -0.132. The molecule has 132 valence electrons. The fourth-order valence-corrected chi connectivity index (χ4v) is 4.51. The lowest BCUT2D eigenvalue weighted by Crippen LogP contribution is -2.44. The Bertz CT molecular complexity index is 743. The lowest BCUT2D eigenvalue weighted by Gasteiger charge is -2.26. The Morgan fingerprint density at radius 1 is 1.28 bits per heavy atom. The van der Waals surface area contributed by atoms with Gasteiger partial charge in [0.15, 0.2) is 0 Å². The summed E-state index contributed by atoms with van der Waals surface area (Å²) in [5, 5.41) is 2.08. The first kappa shape index (κ1) is 16.7. The van der Waals surface area contributed by atoms with Crippen LogP contribution in [0.2, 0.25) is 0 Å². The molecule has 1 aromatic heterocycles. The number of rotatable bonds is 5. The SMILES string of the molecule is CN(CC1CC(c2cccs2)NN1)C(=O)C1(c2ccc(F)cc2)CC1. The van der Waals surface area contributed by atoms with Gasteiger partial charge in [-0.1, -0.05) is 18.2 Å². The van der Waals surface area contributed by atoms with Crippen LogP contribution in [0.1, 0.15) is 35.7 Å². The van der Waals surface area contributed by atoms with E-state index in [1.807, 2.05) is 11.9 Å². The Balaban J connectivity index is 1.39. The van der Waals surface area contributed by atoms with Crippen molar-refractivity contribution >= 4 is 17.2 Å². The number of hydrogen-bond acceptors (Lipinski definition) is 4. The number of nitrogens with one attached hydrogen (secondary N) is 2. The second-order valence-corrected chi connectivity index (χ2v) is 8.04. The predicted molar refractivity (Wildman–Crippen MR) is 96.7 cm³/mol. The fraction of sp³-hybridized carbons (Fsp3) is 0.421. The summed E-state index contributed by atoms with van der Waals surface area (Å²) in [6.07, 6.45) is 2.65. The van der Waals surface area contributed by atoms with E-state index < -0.39 is 5.41 Å². The molecular formula is C19H22FN3OS. The molecule has 2 aliphatic rings. The molecule has 0 radical (unpaired) electrons. The maximum atomic E-state index is 13.2. The zero-order valence-electron chi connectivity index (χ0n) is 14.2. The van der Waals surface area contributed by atoms with Crippen molar-refractivity contribution in [1.29, 1.82) is 0 Å². The predicted octanol–water partition coefficient (Wildman–Crippen LogP) is 2.99. The molecule has 1 amide bonds. The van der Waals surface area contributed by atoms with Gasteiger partial charge in [0.2, 0.25) is 5.91 Å². The Kier molecular flexibility index (Phi) is 4.35. The number of hydrogen-bond donors (Lipinski definition) is 2. The van der Waals surface area contributed by atoms with Crippen LogP contribution >= 0.6 is 11.3 Å². The highest BCUT2D eigenvalue weighted by Crippen LogP contribution is 2.49. The minimum absolute atomic E-state index is 0.139. The zero-order valence-corrected chi connectivity index (χ0v) is 15.0. The summed E-state index contributed by atoms with van der Waals surface area (Å²) in [7, 11) is 1.87. The molecule has 2 aromatic rings. The van der Waals surface area contributed by atoms with Gasteiger partial charge in [-0.05, 0) is 48.4 Å². The third-order valence-electron chi connectivity index (χ3n) is 5.27. The number of halogens is 1. The van der Waals surface area contributed by atoms with Crippen LogP contribution in [0.15, 0.2) is 41.8 Å². The highest BCUT2D eigenvalue weighted by molar-refractivity contribution is 7.10. The normalized spacial score (nSPS) is 24.2. The monoisotopic (exact) mass is 359 g/mol. The first-order chi connectivity index (χ1) is 12.1. The molecule has 0 spiro atoms. The molecule has 2 heterocycles. The molecule has 4 rings (SSSR count). The van der Waals surface area contributed by atoms with E-state index in [-0.39, 0.29) is 17.8 Å². The van der Waals surface area contributed by atoms with Gasteiger partial charge in [-0.2, -0.15) is 0 Å². The average molecular weight is 359 g/mol. The average Bonchev–Trinajstić information content (AvgIpc) is 3.02. The summed E-state index contributed by atoms with van der Waals surface area (Å²) in [6, 6.07) is 11.1. The van der Waals surface area contributed by atoms with Gasteiger partial charge in [0, 0.05) is 24.5 Å². The van der Waals surface area contributed by atoms with Crippen molar-refractivity contribution in [2.75, 3.05) is 13.6 Å². The van der Waals surface area contributed by atoms with Crippen LogP contribution in [0, 0.1) is 5.82 Å². The summed E-state index contributed by atoms with van der Waals surface area (Å²) >= 11 is 1.75. The first-order valence-electron chi connectivity index (χ1n) is 8.64. The van der Waals surface area contributed by atoms with Crippen LogP contribution in [0.3, 0.4) is 0 Å². The van der Waals surface area contributed by atoms with Gasteiger partial charge in [0.05, 0.1) is 11.5 Å². The van der Waals surface area contributed by atoms with Crippen LogP contribution in [0.25, 0.3) is 0 Å². The maximum Gasteiger partial charge on any atom is 0.233 e. The third-order valence-corrected chi connectivity index (χ3v) is 6.25. The lowest BCUT2D eigenvalue weighted by atomic mass is 9.94. The molecule has 2 unspecified atom stereocenters. The van der Waals surface area contributed by atoms with E-state index >= 15 is 0 Å². The highest BCUT2D eigenvalue weighted by Gasteiger charge is 2.52. The Morgan fingerprint density at radius 2 is 2.04 bits per heavy atom. The van der Waals surface area contributed by atoms with Crippen LogP contribution in [-0.4, -0.2) is 30.4 Å². The number of hydrazine groups is 1. The van der Waals surface area contributed by atoms with E-state index in [2.05, 4.69) is 28.4 Å². The smallest absolute Gasteiger partial charge is 0.233 e. The number of benzene rings is 1. The van der Waals surface area contributed by atoms with Gasteiger partial charge in [0.25, 0.3) is 0 Å². The van der Waals surface area contributed by atoms with Crippen molar-refractivity contribution < 1.29 is 9.18 Å². The van der Waals surface area contributed by atoms with Gasteiger partial charge in [-0.25, -0.2) is 9.82 Å². The van der Waals surface area contributed by atoms with Gasteiger partial charge >= 0.3 is 0 Å². The van der Waals surface area contributed by atoms with Crippen LogP contribution < -0.4 is 10.9 Å². The second-order valence-electron chi connectivity index (χ2n) is 7.06. The van der Waals surface area contributed by atoms with Crippen molar-refractivity contribution in [3.05, 3.63) is 58.0 Å². The molecule has 2 fully saturated rings. The van der Waals surface area contributed by atoms with E-state index in [0.29, 0.717) is 12.6 Å². The number of likely N-dealkylation sites (N-methyl/N-ethyl adjacent to an activating group) is 1. The zero-order chi connectivity index (χ0) is 17.4. The van der Waals surface area contributed by atoms with Gasteiger partial charge < -0.3 is 4.90 Å². The molecule has 1 saturated carbocycles. The number of nitrogens with zero attached hydrogens (tertiary/aromatic N) is 1. The summed E-state index contributed by atoms with van der Waals surface area (Å²) in [5.74, 6) is -0.123.